The second-order valence-corrected chi connectivity index (χ2v) is 23.9. The molecule has 1 heterocycles. The molecule has 7 heteroatoms. The van der Waals surface area contributed by atoms with Gasteiger partial charge in [-0.25, -0.2) is 0 Å². The first-order valence-electron chi connectivity index (χ1n) is 15.1. The number of rotatable bonds is 14. The van der Waals surface area contributed by atoms with Crippen molar-refractivity contribution >= 4 is 16.6 Å². The fraction of sp³-hybridized carbons (Fsp3) is 0.647. The van der Waals surface area contributed by atoms with Crippen molar-refractivity contribution in [2.45, 2.75) is 122 Å². The third-order valence-corrected chi connectivity index (χ3v) is 17.9. The summed E-state index contributed by atoms with van der Waals surface area (Å²) in [5, 5.41) is 0.264. The smallest absolute Gasteiger partial charge is 0.193 e. The summed E-state index contributed by atoms with van der Waals surface area (Å²) in [5.41, 5.74) is 2.47. The number of hydrogen-bond acceptors (Lipinski definition) is 5. The first kappa shape index (κ1) is 35.7. The fourth-order valence-corrected chi connectivity index (χ4v) is 6.09. The van der Waals surface area contributed by atoms with Crippen LogP contribution < -0.4 is 4.74 Å². The van der Waals surface area contributed by atoms with Crippen LogP contribution in [0.25, 0.3) is 0 Å². The van der Waals surface area contributed by atoms with E-state index in [0.717, 1.165) is 24.2 Å². The maximum atomic E-state index is 7.04. The topological polar surface area (TPSA) is 46.2 Å². The molecule has 2 rings (SSSR count). The Hall–Kier alpha value is -1.49. The first-order valence-corrected chi connectivity index (χ1v) is 20.9. The lowest BCUT2D eigenvalue weighted by Crippen LogP contribution is -2.47. The zero-order valence-electron chi connectivity index (χ0n) is 28.0. The summed E-state index contributed by atoms with van der Waals surface area (Å²) in [6.07, 6.45) is 12.2. The van der Waals surface area contributed by atoms with Gasteiger partial charge in [0, 0.05) is 0 Å². The van der Waals surface area contributed by atoms with Gasteiger partial charge in [-0.2, -0.15) is 0 Å². The van der Waals surface area contributed by atoms with Crippen LogP contribution in [-0.4, -0.2) is 55.3 Å². The van der Waals surface area contributed by atoms with E-state index < -0.39 is 16.6 Å². The summed E-state index contributed by atoms with van der Waals surface area (Å²) in [6, 6.07) is 8.07. The summed E-state index contributed by atoms with van der Waals surface area (Å²) >= 11 is 0. The molecule has 41 heavy (non-hydrogen) atoms. The van der Waals surface area contributed by atoms with Crippen LogP contribution in [0.3, 0.4) is 0 Å². The molecular formula is C34H58O5Si2. The van der Waals surface area contributed by atoms with Crippen molar-refractivity contribution in [3.8, 4) is 5.75 Å². The van der Waals surface area contributed by atoms with Gasteiger partial charge in [0.2, 0.25) is 0 Å². The average Bonchev–Trinajstić information content (AvgIpc) is 2.87. The van der Waals surface area contributed by atoms with Gasteiger partial charge >= 0.3 is 0 Å². The minimum Gasteiger partial charge on any atom is -0.497 e. The second-order valence-electron chi connectivity index (χ2n) is 14.3. The lowest BCUT2D eigenvalue weighted by atomic mass is 10.0. The van der Waals surface area contributed by atoms with Crippen molar-refractivity contribution in [2.75, 3.05) is 20.3 Å². The van der Waals surface area contributed by atoms with E-state index in [1.807, 2.05) is 12.1 Å². The molecule has 1 aromatic carbocycles. The van der Waals surface area contributed by atoms with Gasteiger partial charge in [0.1, 0.15) is 5.75 Å². The van der Waals surface area contributed by atoms with E-state index >= 15 is 0 Å². The average molecular weight is 603 g/mol. The van der Waals surface area contributed by atoms with E-state index in [2.05, 4.69) is 117 Å². The summed E-state index contributed by atoms with van der Waals surface area (Å²) in [4.78, 5) is 0. The van der Waals surface area contributed by atoms with Gasteiger partial charge < -0.3 is 23.1 Å². The Balaban J connectivity index is 2.30. The zero-order valence-corrected chi connectivity index (χ0v) is 30.0. The van der Waals surface area contributed by atoms with E-state index in [0.29, 0.717) is 19.8 Å². The summed E-state index contributed by atoms with van der Waals surface area (Å²) in [6.45, 7) is 26.8. The molecule has 5 nitrogen and oxygen atoms in total. The third-order valence-electron chi connectivity index (χ3n) is 8.89. The van der Waals surface area contributed by atoms with Gasteiger partial charge in [0.15, 0.2) is 16.6 Å². The molecule has 0 aliphatic carbocycles. The lowest BCUT2D eigenvalue weighted by molar-refractivity contribution is -0.0203. The molecule has 1 aliphatic heterocycles. The standard InChI is InChI=1S/C34H58O5Si2/c1-27-22-24-36-30(25-27)20-21-32(39-41(11,12)34(5,6)7)31(37-26-28-16-18-29(35-8)19-17-28)15-13-14-23-38-40(9,10)33(2,3)4/h13-14,16-22,30-32H,15,23-26H2,1-12H3/b14-13+,21-20+/t30-,31+,32+/m1/s1. The zero-order chi connectivity index (χ0) is 30.9. The van der Waals surface area contributed by atoms with E-state index in [1.54, 1.807) is 7.11 Å². The van der Waals surface area contributed by atoms with Crippen LogP contribution in [0.5, 0.6) is 5.75 Å². The predicted octanol–water partition coefficient (Wildman–Crippen LogP) is 9.23. The molecule has 0 unspecified atom stereocenters. The van der Waals surface area contributed by atoms with Crippen molar-refractivity contribution in [3.05, 3.63) is 65.8 Å². The summed E-state index contributed by atoms with van der Waals surface area (Å²) in [5.74, 6) is 0.842. The van der Waals surface area contributed by atoms with Crippen molar-refractivity contribution in [1.82, 2.24) is 0 Å². The van der Waals surface area contributed by atoms with Gasteiger partial charge in [-0.05, 0) is 73.7 Å². The molecule has 0 saturated carbocycles. The molecule has 3 atom stereocenters. The fourth-order valence-electron chi connectivity index (χ4n) is 3.88. The quantitative estimate of drug-likeness (QED) is 0.157. The van der Waals surface area contributed by atoms with Crippen LogP contribution in [0.4, 0.5) is 0 Å². The number of ether oxygens (including phenoxy) is 3. The van der Waals surface area contributed by atoms with Gasteiger partial charge in [-0.1, -0.05) is 89.6 Å². The molecule has 0 spiro atoms. The van der Waals surface area contributed by atoms with E-state index in [-0.39, 0.29) is 28.4 Å². The molecule has 1 aliphatic rings. The van der Waals surface area contributed by atoms with Crippen LogP contribution in [0.1, 0.15) is 66.9 Å². The second kappa shape index (κ2) is 15.3. The highest BCUT2D eigenvalue weighted by Gasteiger charge is 2.40. The van der Waals surface area contributed by atoms with Crippen LogP contribution in [0.15, 0.2) is 60.2 Å². The molecular weight excluding hydrogens is 545 g/mol. The minimum absolute atomic E-state index is 0.0567. The third kappa shape index (κ3) is 11.6. The highest BCUT2D eigenvalue weighted by molar-refractivity contribution is 6.74. The molecule has 0 bridgehead atoms. The first-order chi connectivity index (χ1) is 18.9. The van der Waals surface area contributed by atoms with Crippen LogP contribution in [0, 0.1) is 0 Å². The van der Waals surface area contributed by atoms with E-state index in [9.17, 15) is 0 Å². The molecule has 0 saturated heterocycles. The number of hydrogen-bond donors (Lipinski definition) is 0. The number of methoxy groups -OCH3 is 1. The maximum absolute atomic E-state index is 7.04. The Morgan fingerprint density at radius 3 is 2.15 bits per heavy atom. The van der Waals surface area contributed by atoms with Crippen LogP contribution in [-0.2, 0) is 24.9 Å². The Morgan fingerprint density at radius 2 is 1.59 bits per heavy atom. The molecule has 0 fully saturated rings. The van der Waals surface area contributed by atoms with Crippen molar-refractivity contribution in [3.63, 3.8) is 0 Å². The van der Waals surface area contributed by atoms with E-state index in [4.69, 9.17) is 23.1 Å². The number of benzene rings is 1. The highest BCUT2D eigenvalue weighted by atomic mass is 28.4. The largest absolute Gasteiger partial charge is 0.497 e. The van der Waals surface area contributed by atoms with Crippen molar-refractivity contribution in [2.24, 2.45) is 0 Å². The normalized spacial score (nSPS) is 19.0. The lowest BCUT2D eigenvalue weighted by Gasteiger charge is -2.40. The van der Waals surface area contributed by atoms with E-state index in [1.165, 1.54) is 5.57 Å². The Labute approximate surface area is 253 Å². The summed E-state index contributed by atoms with van der Waals surface area (Å²) < 4.78 is 31.4. The Kier molecular flexibility index (Phi) is 13.3. The van der Waals surface area contributed by atoms with Gasteiger partial charge in [0.05, 0.1) is 45.2 Å². The molecule has 1 aromatic rings. The van der Waals surface area contributed by atoms with Crippen LogP contribution >= 0.6 is 0 Å². The Morgan fingerprint density at radius 1 is 0.951 bits per heavy atom. The highest BCUT2D eigenvalue weighted by Crippen LogP contribution is 2.39. The van der Waals surface area contributed by atoms with Crippen molar-refractivity contribution < 1.29 is 23.1 Å². The minimum atomic E-state index is -2.10. The monoisotopic (exact) mass is 602 g/mol. The van der Waals surface area contributed by atoms with Gasteiger partial charge in [-0.3, -0.25) is 0 Å². The van der Waals surface area contributed by atoms with Crippen molar-refractivity contribution in [1.29, 1.82) is 0 Å². The predicted molar refractivity (Wildman–Crippen MR) is 178 cm³/mol. The Bertz CT molecular complexity index is 1010. The maximum Gasteiger partial charge on any atom is 0.193 e. The SMILES string of the molecule is COc1ccc(CO[C@@H](C/C=C/CO[Si](C)(C)C(C)(C)C)[C@H](/C=C/[C@@H]2CC(C)=CCO2)O[Si](C)(C)C(C)(C)C)cc1. The van der Waals surface area contributed by atoms with Crippen LogP contribution in [0.2, 0.25) is 36.3 Å². The molecule has 0 amide bonds. The molecule has 0 N–H and O–H groups in total. The molecule has 0 aromatic heterocycles. The van der Waals surface area contributed by atoms with Gasteiger partial charge in [-0.15, -0.1) is 0 Å². The molecule has 0 radical (unpaired) electrons. The van der Waals surface area contributed by atoms with Gasteiger partial charge in [0.25, 0.3) is 0 Å². The molecule has 232 valence electrons. The summed E-state index contributed by atoms with van der Waals surface area (Å²) in [7, 11) is -2.21.